The number of carbonyl (C=O) groups is 1. The second-order valence-corrected chi connectivity index (χ2v) is 4.87. The van der Waals surface area contributed by atoms with E-state index in [1.807, 2.05) is 12.1 Å². The average Bonchev–Trinajstić information content (AvgIpc) is 2.51. The van der Waals surface area contributed by atoms with Crippen molar-refractivity contribution < 1.29 is 15.0 Å². The fraction of sp³-hybridized carbons (Fsp3) is 0.471. The highest BCUT2D eigenvalue weighted by atomic mass is 16.3. The van der Waals surface area contributed by atoms with Gasteiger partial charge in [0.1, 0.15) is 0 Å². The van der Waals surface area contributed by atoms with Crippen molar-refractivity contribution in [2.45, 2.75) is 25.7 Å². The van der Waals surface area contributed by atoms with Gasteiger partial charge in [-0.3, -0.25) is 4.79 Å². The van der Waals surface area contributed by atoms with E-state index >= 15 is 0 Å². The third-order valence-electron chi connectivity index (χ3n) is 3.08. The number of hydrogen-bond acceptors (Lipinski definition) is 3. The molecule has 21 heavy (non-hydrogen) atoms. The number of amides is 1. The molecule has 0 aromatic heterocycles. The van der Waals surface area contributed by atoms with Crippen LogP contribution in [0, 0.1) is 11.8 Å². The van der Waals surface area contributed by atoms with Crippen LogP contribution in [-0.4, -0.2) is 47.8 Å². The maximum absolute atomic E-state index is 12.3. The SMILES string of the molecule is CN(CCCCCO)C(=O)c1cccc(C#CCCO)c1. The molecule has 4 nitrogen and oxygen atoms in total. The third kappa shape index (κ3) is 6.44. The van der Waals surface area contributed by atoms with Crippen LogP contribution in [0.3, 0.4) is 0 Å². The van der Waals surface area contributed by atoms with E-state index in [4.69, 9.17) is 10.2 Å². The lowest BCUT2D eigenvalue weighted by atomic mass is 10.1. The first-order chi connectivity index (χ1) is 10.2. The Morgan fingerprint density at radius 2 is 2.00 bits per heavy atom. The van der Waals surface area contributed by atoms with Crippen LogP contribution in [0.25, 0.3) is 0 Å². The van der Waals surface area contributed by atoms with Gasteiger partial charge in [0.2, 0.25) is 0 Å². The van der Waals surface area contributed by atoms with Gasteiger partial charge in [-0.1, -0.05) is 17.9 Å². The van der Waals surface area contributed by atoms with Crippen molar-refractivity contribution in [1.82, 2.24) is 4.90 Å². The molecule has 0 unspecified atom stereocenters. The van der Waals surface area contributed by atoms with E-state index in [2.05, 4.69) is 11.8 Å². The van der Waals surface area contributed by atoms with E-state index < -0.39 is 0 Å². The van der Waals surface area contributed by atoms with E-state index in [0.717, 1.165) is 24.8 Å². The van der Waals surface area contributed by atoms with E-state index in [1.54, 1.807) is 24.1 Å². The van der Waals surface area contributed by atoms with Crippen LogP contribution in [0.2, 0.25) is 0 Å². The average molecular weight is 289 g/mol. The highest BCUT2D eigenvalue weighted by Crippen LogP contribution is 2.08. The van der Waals surface area contributed by atoms with E-state index in [-0.39, 0.29) is 19.1 Å². The summed E-state index contributed by atoms with van der Waals surface area (Å²) in [4.78, 5) is 14.0. The number of rotatable bonds is 7. The summed E-state index contributed by atoms with van der Waals surface area (Å²) >= 11 is 0. The zero-order chi connectivity index (χ0) is 15.5. The number of benzene rings is 1. The molecule has 2 N–H and O–H groups in total. The highest BCUT2D eigenvalue weighted by molar-refractivity contribution is 5.94. The molecule has 0 saturated heterocycles. The molecule has 0 bridgehead atoms. The first kappa shape index (κ1) is 17.2. The number of nitrogens with zero attached hydrogens (tertiary/aromatic N) is 1. The summed E-state index contributed by atoms with van der Waals surface area (Å²) in [5.41, 5.74) is 1.40. The number of aliphatic hydroxyl groups is 2. The molecule has 0 spiro atoms. The summed E-state index contributed by atoms with van der Waals surface area (Å²) in [6.45, 7) is 0.924. The fourth-order valence-electron chi connectivity index (χ4n) is 1.91. The Morgan fingerprint density at radius 1 is 1.19 bits per heavy atom. The van der Waals surface area contributed by atoms with Gasteiger partial charge in [-0.2, -0.15) is 0 Å². The Morgan fingerprint density at radius 3 is 2.71 bits per heavy atom. The second-order valence-electron chi connectivity index (χ2n) is 4.87. The molecule has 1 aromatic rings. The molecule has 1 amide bonds. The number of unbranched alkanes of at least 4 members (excludes halogenated alkanes) is 2. The van der Waals surface area contributed by atoms with Crippen molar-refractivity contribution >= 4 is 5.91 Å². The largest absolute Gasteiger partial charge is 0.396 e. The third-order valence-corrected chi connectivity index (χ3v) is 3.08. The highest BCUT2D eigenvalue weighted by Gasteiger charge is 2.11. The lowest BCUT2D eigenvalue weighted by molar-refractivity contribution is 0.0792. The van der Waals surface area contributed by atoms with Crippen LogP contribution >= 0.6 is 0 Å². The van der Waals surface area contributed by atoms with Gasteiger partial charge in [-0.25, -0.2) is 0 Å². The van der Waals surface area contributed by atoms with E-state index in [9.17, 15) is 4.79 Å². The summed E-state index contributed by atoms with van der Waals surface area (Å²) in [5.74, 6) is 5.75. The normalized spacial score (nSPS) is 9.86. The topological polar surface area (TPSA) is 60.8 Å². The van der Waals surface area contributed by atoms with Gasteiger partial charge < -0.3 is 15.1 Å². The molecule has 0 radical (unpaired) electrons. The van der Waals surface area contributed by atoms with Gasteiger partial charge in [0.05, 0.1) is 6.61 Å². The van der Waals surface area contributed by atoms with Gasteiger partial charge in [0.25, 0.3) is 5.91 Å². The predicted octanol–water partition coefficient (Wildman–Crippen LogP) is 1.66. The van der Waals surface area contributed by atoms with Crippen LogP contribution in [-0.2, 0) is 0 Å². The van der Waals surface area contributed by atoms with Crippen LogP contribution in [0.1, 0.15) is 41.6 Å². The maximum atomic E-state index is 12.3. The number of aliphatic hydroxyl groups excluding tert-OH is 2. The number of hydrogen-bond donors (Lipinski definition) is 2. The smallest absolute Gasteiger partial charge is 0.253 e. The Labute approximate surface area is 126 Å². The predicted molar refractivity (Wildman–Crippen MR) is 82.9 cm³/mol. The lowest BCUT2D eigenvalue weighted by Crippen LogP contribution is -2.27. The Bertz CT molecular complexity index is 502. The molecule has 0 aliphatic rings. The number of carbonyl (C=O) groups excluding carboxylic acids is 1. The zero-order valence-electron chi connectivity index (χ0n) is 12.5. The van der Waals surface area contributed by atoms with Gasteiger partial charge in [-0.15, -0.1) is 0 Å². The van der Waals surface area contributed by atoms with E-state index in [0.29, 0.717) is 18.5 Å². The van der Waals surface area contributed by atoms with Gasteiger partial charge in [0.15, 0.2) is 0 Å². The molecule has 0 aliphatic heterocycles. The Balaban J connectivity index is 2.61. The van der Waals surface area contributed by atoms with Gasteiger partial charge in [-0.05, 0) is 37.5 Å². The molecule has 0 heterocycles. The molecule has 0 fully saturated rings. The van der Waals surface area contributed by atoms with Crippen LogP contribution in [0.5, 0.6) is 0 Å². The quantitative estimate of drug-likeness (QED) is 0.593. The van der Waals surface area contributed by atoms with Crippen molar-refractivity contribution in [3.63, 3.8) is 0 Å². The first-order valence-corrected chi connectivity index (χ1v) is 7.25. The molecular weight excluding hydrogens is 266 g/mol. The monoisotopic (exact) mass is 289 g/mol. The summed E-state index contributed by atoms with van der Waals surface area (Å²) in [6.07, 6.45) is 3.01. The minimum absolute atomic E-state index is 0.0233. The summed E-state index contributed by atoms with van der Waals surface area (Å²) < 4.78 is 0. The van der Waals surface area contributed by atoms with Gasteiger partial charge in [0, 0.05) is 37.7 Å². The van der Waals surface area contributed by atoms with E-state index in [1.165, 1.54) is 0 Å². The van der Waals surface area contributed by atoms with Crippen molar-refractivity contribution in [2.75, 3.05) is 26.8 Å². The standard InChI is InChI=1S/C17H23NO3/c1-18(11-4-2-5-12-19)17(21)16-10-7-9-15(14-16)8-3-6-13-20/h7,9-10,14,19-20H,2,4-6,11-13H2,1H3. The molecular formula is C17H23NO3. The van der Waals surface area contributed by atoms with Crippen molar-refractivity contribution in [3.8, 4) is 11.8 Å². The minimum atomic E-state index is -0.0233. The molecule has 0 aliphatic carbocycles. The second kappa shape index (κ2) is 9.98. The molecule has 114 valence electrons. The minimum Gasteiger partial charge on any atom is -0.396 e. The van der Waals surface area contributed by atoms with Crippen molar-refractivity contribution in [2.24, 2.45) is 0 Å². The molecule has 1 aromatic carbocycles. The molecule has 0 atom stereocenters. The fourth-order valence-corrected chi connectivity index (χ4v) is 1.91. The van der Waals surface area contributed by atoms with Crippen LogP contribution < -0.4 is 0 Å². The zero-order valence-corrected chi connectivity index (χ0v) is 12.5. The molecule has 0 saturated carbocycles. The maximum Gasteiger partial charge on any atom is 0.253 e. The summed E-state index contributed by atoms with van der Waals surface area (Å²) in [5, 5.41) is 17.4. The molecule has 1 rings (SSSR count). The summed E-state index contributed by atoms with van der Waals surface area (Å²) in [7, 11) is 1.78. The first-order valence-electron chi connectivity index (χ1n) is 7.25. The summed E-state index contributed by atoms with van der Waals surface area (Å²) in [6, 6.07) is 7.22. The Kier molecular flexibility index (Phi) is 8.18. The van der Waals surface area contributed by atoms with Crippen molar-refractivity contribution in [1.29, 1.82) is 0 Å². The van der Waals surface area contributed by atoms with Gasteiger partial charge >= 0.3 is 0 Å². The lowest BCUT2D eigenvalue weighted by Gasteiger charge is -2.17. The van der Waals surface area contributed by atoms with Crippen LogP contribution in [0.15, 0.2) is 24.3 Å². The van der Waals surface area contributed by atoms with Crippen LogP contribution in [0.4, 0.5) is 0 Å². The van der Waals surface area contributed by atoms with Crippen molar-refractivity contribution in [3.05, 3.63) is 35.4 Å². The Hall–Kier alpha value is -1.83. The molecule has 4 heteroatoms.